The van der Waals surface area contributed by atoms with Crippen LogP contribution in [0.4, 0.5) is 0 Å². The summed E-state index contributed by atoms with van der Waals surface area (Å²) in [5.41, 5.74) is 1.19. The van der Waals surface area contributed by atoms with E-state index in [1.165, 1.54) is 0 Å². The zero-order chi connectivity index (χ0) is 14.4. The quantitative estimate of drug-likeness (QED) is 0.843. The Hall–Kier alpha value is -1.55. The molecule has 2 N–H and O–H groups in total. The lowest BCUT2D eigenvalue weighted by atomic mass is 10.0. The van der Waals surface area contributed by atoms with Gasteiger partial charge in [0.15, 0.2) is 0 Å². The molecule has 0 bridgehead atoms. The second-order valence-electron chi connectivity index (χ2n) is 4.47. The second kappa shape index (κ2) is 7.14. The number of hydrogen-bond acceptors (Lipinski definition) is 2. The number of halogens is 1. The first kappa shape index (κ1) is 15.5. The van der Waals surface area contributed by atoms with Crippen LogP contribution in [0.25, 0.3) is 0 Å². The zero-order valence-electron chi connectivity index (χ0n) is 11.1. The van der Waals surface area contributed by atoms with E-state index in [1.54, 1.807) is 12.1 Å². The predicted molar refractivity (Wildman–Crippen MR) is 74.6 cm³/mol. The second-order valence-corrected chi connectivity index (χ2v) is 4.85. The molecule has 1 atom stereocenters. The number of benzene rings is 1. The summed E-state index contributed by atoms with van der Waals surface area (Å²) in [6, 6.07) is 5.19. The molecule has 4 nitrogen and oxygen atoms in total. The highest BCUT2D eigenvalue weighted by molar-refractivity contribution is 6.34. The topological polar surface area (TPSA) is 66.4 Å². The average Bonchev–Trinajstić information content (AvgIpc) is 2.37. The third-order valence-corrected chi connectivity index (χ3v) is 3.43. The van der Waals surface area contributed by atoms with E-state index in [2.05, 4.69) is 5.32 Å². The molecule has 0 heterocycles. The summed E-state index contributed by atoms with van der Waals surface area (Å²) in [5, 5.41) is 12.0. The van der Waals surface area contributed by atoms with Gasteiger partial charge in [0.1, 0.15) is 0 Å². The van der Waals surface area contributed by atoms with Crippen molar-refractivity contribution in [2.75, 3.05) is 6.54 Å². The van der Waals surface area contributed by atoms with Crippen LogP contribution in [0, 0.1) is 12.8 Å². The molecule has 0 aliphatic heterocycles. The number of carbonyl (C=O) groups is 2. The van der Waals surface area contributed by atoms with Crippen molar-refractivity contribution in [2.24, 2.45) is 5.92 Å². The smallest absolute Gasteiger partial charge is 0.308 e. The number of carboxylic acids is 1. The minimum Gasteiger partial charge on any atom is -0.481 e. The summed E-state index contributed by atoms with van der Waals surface area (Å²) in [4.78, 5) is 22.9. The summed E-state index contributed by atoms with van der Waals surface area (Å²) < 4.78 is 0. The van der Waals surface area contributed by atoms with Crippen LogP contribution in [0.2, 0.25) is 5.02 Å². The van der Waals surface area contributed by atoms with Gasteiger partial charge in [0.2, 0.25) is 0 Å². The van der Waals surface area contributed by atoms with Gasteiger partial charge in [-0.25, -0.2) is 0 Å². The van der Waals surface area contributed by atoms with Crippen molar-refractivity contribution >= 4 is 23.5 Å². The Labute approximate surface area is 117 Å². The molecule has 19 heavy (non-hydrogen) atoms. The summed E-state index contributed by atoms with van der Waals surface area (Å²) in [6.07, 6.45) is 1.30. The number of rotatable bonds is 6. The van der Waals surface area contributed by atoms with E-state index < -0.39 is 11.9 Å². The molecule has 1 amide bonds. The predicted octanol–water partition coefficient (Wildman–Crippen LogP) is 2.88. The molecule has 1 rings (SSSR count). The third kappa shape index (κ3) is 4.24. The van der Waals surface area contributed by atoms with Crippen LogP contribution in [0.3, 0.4) is 0 Å². The Morgan fingerprint density at radius 1 is 1.42 bits per heavy atom. The molecular formula is C14H18ClNO3. The van der Waals surface area contributed by atoms with Gasteiger partial charge in [-0.3, -0.25) is 9.59 Å². The maximum absolute atomic E-state index is 12.0. The lowest BCUT2D eigenvalue weighted by Crippen LogP contribution is -2.33. The highest BCUT2D eigenvalue weighted by atomic mass is 35.5. The monoisotopic (exact) mass is 283 g/mol. The first-order valence-corrected chi connectivity index (χ1v) is 6.61. The van der Waals surface area contributed by atoms with Crippen molar-refractivity contribution in [2.45, 2.75) is 26.7 Å². The molecule has 0 fully saturated rings. The highest BCUT2D eigenvalue weighted by Gasteiger charge is 2.18. The summed E-state index contributed by atoms with van der Waals surface area (Å²) in [7, 11) is 0. The Morgan fingerprint density at radius 2 is 2.11 bits per heavy atom. The van der Waals surface area contributed by atoms with Crippen LogP contribution >= 0.6 is 11.6 Å². The fourth-order valence-corrected chi connectivity index (χ4v) is 2.01. The number of aryl methyl sites for hydroxylation is 1. The number of aliphatic carboxylic acids is 1. The van der Waals surface area contributed by atoms with E-state index >= 15 is 0 Å². The van der Waals surface area contributed by atoms with E-state index in [0.717, 1.165) is 12.0 Å². The largest absolute Gasteiger partial charge is 0.481 e. The molecule has 1 aromatic carbocycles. The van der Waals surface area contributed by atoms with Crippen LogP contribution < -0.4 is 5.32 Å². The van der Waals surface area contributed by atoms with Gasteiger partial charge in [-0.2, -0.15) is 0 Å². The molecule has 0 saturated carbocycles. The highest BCUT2D eigenvalue weighted by Crippen LogP contribution is 2.20. The SMILES string of the molecule is CCCC(CNC(=O)c1cccc(C)c1Cl)C(=O)O. The molecule has 0 radical (unpaired) electrons. The van der Waals surface area contributed by atoms with Gasteiger partial charge in [0.25, 0.3) is 5.91 Å². The van der Waals surface area contributed by atoms with Crippen molar-refractivity contribution in [3.05, 3.63) is 34.3 Å². The number of hydrogen-bond donors (Lipinski definition) is 2. The zero-order valence-corrected chi connectivity index (χ0v) is 11.8. The van der Waals surface area contributed by atoms with Crippen molar-refractivity contribution in [3.63, 3.8) is 0 Å². The van der Waals surface area contributed by atoms with Crippen molar-refractivity contribution in [3.8, 4) is 0 Å². The third-order valence-electron chi connectivity index (χ3n) is 2.93. The Morgan fingerprint density at radius 3 is 2.68 bits per heavy atom. The van der Waals surface area contributed by atoms with Crippen LogP contribution in [0.15, 0.2) is 18.2 Å². The molecule has 0 aliphatic carbocycles. The Bertz CT molecular complexity index is 474. The van der Waals surface area contributed by atoms with Crippen LogP contribution in [0.1, 0.15) is 35.7 Å². The molecule has 0 spiro atoms. The van der Waals surface area contributed by atoms with Gasteiger partial charge >= 0.3 is 5.97 Å². The first-order valence-electron chi connectivity index (χ1n) is 6.23. The molecular weight excluding hydrogens is 266 g/mol. The minimum absolute atomic E-state index is 0.117. The van der Waals surface area contributed by atoms with E-state index in [4.69, 9.17) is 16.7 Å². The molecule has 1 unspecified atom stereocenters. The molecule has 1 aromatic rings. The first-order chi connectivity index (χ1) is 8.97. The number of nitrogens with one attached hydrogen (secondary N) is 1. The fraction of sp³-hybridized carbons (Fsp3) is 0.429. The van der Waals surface area contributed by atoms with Gasteiger partial charge in [-0.15, -0.1) is 0 Å². The van der Waals surface area contributed by atoms with E-state index in [9.17, 15) is 9.59 Å². The van der Waals surface area contributed by atoms with E-state index in [1.807, 2.05) is 19.9 Å². The lowest BCUT2D eigenvalue weighted by molar-refractivity contribution is -0.141. The molecule has 0 saturated heterocycles. The van der Waals surface area contributed by atoms with Crippen LogP contribution in [-0.2, 0) is 4.79 Å². The maximum Gasteiger partial charge on any atom is 0.308 e. The molecule has 5 heteroatoms. The van der Waals surface area contributed by atoms with Gasteiger partial charge in [-0.1, -0.05) is 37.1 Å². The van der Waals surface area contributed by atoms with Crippen molar-refractivity contribution in [1.82, 2.24) is 5.32 Å². The van der Waals surface area contributed by atoms with Crippen LogP contribution in [-0.4, -0.2) is 23.5 Å². The number of carboxylic acid groups (broad SMARTS) is 1. The average molecular weight is 284 g/mol. The summed E-state index contributed by atoms with van der Waals surface area (Å²) >= 11 is 6.05. The standard InChI is InChI=1S/C14H18ClNO3/c1-3-5-10(14(18)19)8-16-13(17)11-7-4-6-9(2)12(11)15/h4,6-7,10H,3,5,8H2,1-2H3,(H,16,17)(H,18,19). The molecule has 0 aliphatic rings. The lowest BCUT2D eigenvalue weighted by Gasteiger charge is -2.13. The fourth-order valence-electron chi connectivity index (χ4n) is 1.80. The number of amides is 1. The Kier molecular flexibility index (Phi) is 5.83. The minimum atomic E-state index is -0.891. The van der Waals surface area contributed by atoms with Gasteiger partial charge in [0, 0.05) is 6.54 Å². The van der Waals surface area contributed by atoms with Gasteiger partial charge < -0.3 is 10.4 Å². The van der Waals surface area contributed by atoms with Gasteiger partial charge in [0.05, 0.1) is 16.5 Å². The molecule has 0 aromatic heterocycles. The summed E-state index contributed by atoms with van der Waals surface area (Å²) in [6.45, 7) is 3.84. The van der Waals surface area contributed by atoms with Crippen molar-refractivity contribution in [1.29, 1.82) is 0 Å². The summed E-state index contributed by atoms with van der Waals surface area (Å²) in [5.74, 6) is -1.79. The van der Waals surface area contributed by atoms with Crippen LogP contribution in [0.5, 0.6) is 0 Å². The van der Waals surface area contributed by atoms with Gasteiger partial charge in [-0.05, 0) is 25.0 Å². The normalized spacial score (nSPS) is 11.9. The Balaban J connectivity index is 2.69. The molecule has 104 valence electrons. The number of carbonyl (C=O) groups excluding carboxylic acids is 1. The maximum atomic E-state index is 12.0. The van der Waals surface area contributed by atoms with E-state index in [0.29, 0.717) is 17.0 Å². The van der Waals surface area contributed by atoms with E-state index in [-0.39, 0.29) is 12.5 Å². The van der Waals surface area contributed by atoms with Crippen molar-refractivity contribution < 1.29 is 14.7 Å².